The number of rotatable bonds is 0. The topological polar surface area (TPSA) is 101 Å². The van der Waals surface area contributed by atoms with E-state index in [-0.39, 0.29) is 11.4 Å². The summed E-state index contributed by atoms with van der Waals surface area (Å²) in [5.41, 5.74) is 3.68. The van der Waals surface area contributed by atoms with Crippen molar-refractivity contribution in [3.8, 4) is 23.9 Å². The summed E-state index contributed by atoms with van der Waals surface area (Å²) in [4.78, 5) is 15.9. The maximum Gasteiger partial charge on any atom is 0.265 e. The van der Waals surface area contributed by atoms with E-state index in [2.05, 4.69) is 19.7 Å². The predicted octanol–water partition coefficient (Wildman–Crippen LogP) is 3.89. The normalized spacial score (nSPS) is 26.9. The molecule has 4 unspecified atom stereocenters. The number of aromatic nitrogens is 2. The lowest BCUT2D eigenvalue weighted by Crippen LogP contribution is -2.41. The van der Waals surface area contributed by atoms with E-state index in [9.17, 15) is 10.5 Å². The molecule has 2 aromatic rings. The number of nitriles is 2. The fourth-order valence-electron chi connectivity index (χ4n) is 4.83. The Kier molecular flexibility index (Phi) is 4.19. The van der Waals surface area contributed by atoms with Crippen molar-refractivity contribution in [1.82, 2.24) is 9.97 Å². The molecule has 0 radical (unpaired) electrons. The summed E-state index contributed by atoms with van der Waals surface area (Å²) < 4.78 is 12.4. The number of nitrogens with zero attached hydrogens (tertiary/aromatic N) is 6. The zero-order valence-electron chi connectivity index (χ0n) is 17.1. The molecule has 152 valence electrons. The van der Waals surface area contributed by atoms with Crippen LogP contribution in [0.4, 0.5) is 0 Å². The van der Waals surface area contributed by atoms with Crippen molar-refractivity contribution in [2.24, 2.45) is 0 Å². The van der Waals surface area contributed by atoms with Crippen LogP contribution in [0.15, 0.2) is 46.8 Å². The van der Waals surface area contributed by atoms with Gasteiger partial charge in [0.15, 0.2) is 0 Å². The molecule has 3 aliphatic rings. The first kappa shape index (κ1) is 19.3. The number of fused-ring (bicyclic) bond motifs is 6. The van der Waals surface area contributed by atoms with Crippen LogP contribution in [0.3, 0.4) is 0 Å². The minimum Gasteiger partial charge on any atom is -0.470 e. The van der Waals surface area contributed by atoms with Gasteiger partial charge in [0.2, 0.25) is 11.8 Å². The van der Waals surface area contributed by atoms with E-state index < -0.39 is 24.0 Å². The molecule has 0 spiro atoms. The van der Waals surface area contributed by atoms with E-state index in [0.717, 1.165) is 11.4 Å². The summed E-state index contributed by atoms with van der Waals surface area (Å²) in [6.07, 6.45) is -1.50. The van der Waals surface area contributed by atoms with Crippen LogP contribution in [0.1, 0.15) is 34.4 Å². The molecule has 2 aliphatic heterocycles. The Morgan fingerprint density at radius 1 is 0.812 bits per heavy atom. The second-order valence-corrected chi connectivity index (χ2v) is 7.78. The Bertz CT molecular complexity index is 1280. The number of allylic oxidation sites excluding steroid dienone is 2. The summed E-state index contributed by atoms with van der Waals surface area (Å²) in [5, 5.41) is 19.6. The zero-order chi connectivity index (χ0) is 22.6. The van der Waals surface area contributed by atoms with Gasteiger partial charge in [0.05, 0.1) is 25.3 Å². The van der Waals surface area contributed by atoms with Crippen LogP contribution in [0.5, 0.6) is 11.8 Å². The van der Waals surface area contributed by atoms with Crippen LogP contribution in [0, 0.1) is 49.7 Å². The molecule has 0 saturated heterocycles. The van der Waals surface area contributed by atoms with E-state index >= 15 is 0 Å². The number of pyridine rings is 2. The summed E-state index contributed by atoms with van der Waals surface area (Å²) in [6.45, 7) is 18.9. The minimum absolute atomic E-state index is 0.0862. The van der Waals surface area contributed by atoms with Gasteiger partial charge in [-0.15, -0.1) is 0 Å². The van der Waals surface area contributed by atoms with Crippen LogP contribution in [-0.2, 0) is 0 Å². The number of hydrogen-bond donors (Lipinski definition) is 0. The van der Waals surface area contributed by atoms with Gasteiger partial charge >= 0.3 is 0 Å². The third-order valence-corrected chi connectivity index (χ3v) is 6.08. The minimum atomic E-state index is -0.750. The van der Waals surface area contributed by atoms with Gasteiger partial charge in [-0.2, -0.15) is 0 Å². The Hall–Kier alpha value is -4.66. The van der Waals surface area contributed by atoms with Gasteiger partial charge in [-0.25, -0.2) is 30.2 Å². The maximum absolute atomic E-state index is 9.78. The standard InChI is InChI=1S/C24H14N6O2/c1-11-5-7-13-17-19(15(9-25)27-3)22-18(14-8-6-12(2)30-24(14)32-22)20(16(10-26)28-4)21(17)31-23(13)29-11/h5-8,17-18,21-22H,1-2H3/b19-15-,20-16+. The Balaban J connectivity index is 1.86. The SMILES string of the molecule is [C-]#[N+]/C(C#N)=C1\C2Oc3nc(C)ccc3C2/C(=C(/C#N)[N+]#[C-])C2Oc3nc(C)ccc3C12. The van der Waals surface area contributed by atoms with E-state index in [1.54, 1.807) is 0 Å². The van der Waals surface area contributed by atoms with Crippen molar-refractivity contribution in [3.05, 3.63) is 92.2 Å². The Morgan fingerprint density at radius 3 is 1.56 bits per heavy atom. The van der Waals surface area contributed by atoms with Gasteiger partial charge in [0.1, 0.15) is 12.2 Å². The third-order valence-electron chi connectivity index (χ3n) is 6.08. The molecule has 4 heterocycles. The van der Waals surface area contributed by atoms with Gasteiger partial charge in [-0.1, -0.05) is 12.1 Å². The molecule has 0 N–H and O–H groups in total. The van der Waals surface area contributed by atoms with Crippen LogP contribution in [-0.4, -0.2) is 22.2 Å². The predicted molar refractivity (Wildman–Crippen MR) is 111 cm³/mol. The average molecular weight is 418 g/mol. The molecule has 0 bridgehead atoms. The van der Waals surface area contributed by atoms with Gasteiger partial charge in [-0.3, -0.25) is 0 Å². The highest BCUT2D eigenvalue weighted by Crippen LogP contribution is 2.59. The van der Waals surface area contributed by atoms with E-state index in [0.29, 0.717) is 34.0 Å². The highest BCUT2D eigenvalue weighted by atomic mass is 16.5. The largest absolute Gasteiger partial charge is 0.470 e. The van der Waals surface area contributed by atoms with Crippen molar-refractivity contribution in [1.29, 1.82) is 10.5 Å². The van der Waals surface area contributed by atoms with E-state index in [4.69, 9.17) is 22.6 Å². The molecule has 0 amide bonds. The van der Waals surface area contributed by atoms with Crippen LogP contribution >= 0.6 is 0 Å². The second-order valence-electron chi connectivity index (χ2n) is 7.78. The van der Waals surface area contributed by atoms with Crippen molar-refractivity contribution in [3.63, 3.8) is 0 Å². The Morgan fingerprint density at radius 2 is 1.22 bits per heavy atom. The lowest BCUT2D eigenvalue weighted by atomic mass is 9.67. The Labute approximate surface area is 184 Å². The fraction of sp³-hybridized carbons (Fsp3) is 0.250. The summed E-state index contributed by atoms with van der Waals surface area (Å²) in [5.74, 6) is -0.388. The van der Waals surface area contributed by atoms with Crippen LogP contribution in [0.25, 0.3) is 9.69 Å². The van der Waals surface area contributed by atoms with Gasteiger partial charge in [0.25, 0.3) is 11.4 Å². The van der Waals surface area contributed by atoms with Crippen molar-refractivity contribution < 1.29 is 9.47 Å². The quantitative estimate of drug-likeness (QED) is 0.475. The molecule has 1 saturated carbocycles. The third kappa shape index (κ3) is 2.51. The summed E-state index contributed by atoms with van der Waals surface area (Å²) in [7, 11) is 0. The zero-order valence-corrected chi connectivity index (χ0v) is 17.1. The molecule has 2 aromatic heterocycles. The molecule has 32 heavy (non-hydrogen) atoms. The molecule has 1 aliphatic carbocycles. The second kappa shape index (κ2) is 6.95. The van der Waals surface area contributed by atoms with Gasteiger partial charge in [0, 0.05) is 34.4 Å². The van der Waals surface area contributed by atoms with E-state index in [1.165, 1.54) is 0 Å². The van der Waals surface area contributed by atoms with E-state index in [1.807, 2.05) is 50.3 Å². The lowest BCUT2D eigenvalue weighted by molar-refractivity contribution is 0.165. The fourth-order valence-corrected chi connectivity index (χ4v) is 4.83. The molecular formula is C24H14N6O2. The van der Waals surface area contributed by atoms with Crippen LogP contribution < -0.4 is 9.47 Å². The summed E-state index contributed by atoms with van der Waals surface area (Å²) in [6, 6.07) is 11.4. The highest BCUT2D eigenvalue weighted by Gasteiger charge is 2.57. The maximum atomic E-state index is 9.78. The van der Waals surface area contributed by atoms with Crippen molar-refractivity contribution in [2.75, 3.05) is 0 Å². The lowest BCUT2D eigenvalue weighted by Gasteiger charge is -2.38. The van der Waals surface area contributed by atoms with Gasteiger partial charge in [-0.05, 0) is 37.1 Å². The highest BCUT2D eigenvalue weighted by molar-refractivity contribution is 5.62. The molecule has 5 rings (SSSR count). The first-order valence-corrected chi connectivity index (χ1v) is 9.84. The first-order chi connectivity index (χ1) is 15.5. The molecule has 8 nitrogen and oxygen atoms in total. The van der Waals surface area contributed by atoms with Gasteiger partial charge < -0.3 is 9.47 Å². The summed E-state index contributed by atoms with van der Waals surface area (Å²) >= 11 is 0. The molecule has 8 heteroatoms. The smallest absolute Gasteiger partial charge is 0.265 e. The van der Waals surface area contributed by atoms with Crippen LogP contribution in [0.2, 0.25) is 0 Å². The number of ether oxygens (including phenoxy) is 2. The monoisotopic (exact) mass is 418 g/mol. The average Bonchev–Trinajstić information content (AvgIpc) is 3.33. The number of hydrogen-bond acceptors (Lipinski definition) is 6. The molecular weight excluding hydrogens is 404 g/mol. The molecule has 0 aromatic carbocycles. The van der Waals surface area contributed by atoms with Crippen molar-refractivity contribution in [2.45, 2.75) is 37.9 Å². The molecule has 4 atom stereocenters. The van der Waals surface area contributed by atoms with Crippen molar-refractivity contribution >= 4 is 0 Å². The number of aryl methyl sites for hydroxylation is 2. The first-order valence-electron chi connectivity index (χ1n) is 9.84. The molecule has 1 fully saturated rings.